The van der Waals surface area contributed by atoms with E-state index in [9.17, 15) is 8.78 Å². The molecule has 0 aliphatic carbocycles. The van der Waals surface area contributed by atoms with Crippen molar-refractivity contribution in [3.63, 3.8) is 0 Å². The molecule has 8 nitrogen and oxygen atoms in total. The Morgan fingerprint density at radius 2 is 1.68 bits per heavy atom. The molecule has 0 heterocycles. The number of carbonyl (C=O) groups excluding carboxylic acids is 1. The molecule has 0 radical (unpaired) electrons. The van der Waals surface area contributed by atoms with Crippen LogP contribution in [0.3, 0.4) is 0 Å². The first-order valence-electron chi connectivity index (χ1n) is 13.0. The Morgan fingerprint density at radius 3 is 2.00 bits per heavy atom. The SMILES string of the molecule is C=C(CN)C(N)Nc1cc(C(F)F)c(/C(C=NC)=C/N)cc1CCC.C=O.CCC(N)CC.CCCNC. The third-order valence-corrected chi connectivity index (χ3v) is 5.35. The van der Waals surface area contributed by atoms with Crippen molar-refractivity contribution < 1.29 is 13.6 Å². The van der Waals surface area contributed by atoms with Gasteiger partial charge in [0.1, 0.15) is 6.79 Å². The van der Waals surface area contributed by atoms with Crippen molar-refractivity contribution in [2.24, 2.45) is 27.9 Å². The fraction of sp³-hybridized carbons (Fsp3) is 0.571. The molecule has 0 aliphatic heterocycles. The predicted molar refractivity (Wildman–Crippen MR) is 162 cm³/mol. The maximum absolute atomic E-state index is 13.6. The van der Waals surface area contributed by atoms with Gasteiger partial charge >= 0.3 is 0 Å². The minimum absolute atomic E-state index is 0.135. The second-order valence-electron chi connectivity index (χ2n) is 8.32. The molecule has 0 spiro atoms. The summed E-state index contributed by atoms with van der Waals surface area (Å²) >= 11 is 0. The number of allylic oxidation sites excluding steroid dienone is 1. The van der Waals surface area contributed by atoms with E-state index in [0.29, 0.717) is 34.9 Å². The first-order chi connectivity index (χ1) is 18.1. The van der Waals surface area contributed by atoms with Crippen LogP contribution < -0.4 is 33.6 Å². The molecule has 0 saturated heterocycles. The summed E-state index contributed by atoms with van der Waals surface area (Å²) in [5, 5.41) is 6.06. The number of hydrogen-bond acceptors (Lipinski definition) is 8. The van der Waals surface area contributed by atoms with Crippen LogP contribution in [0.1, 0.15) is 76.5 Å². The van der Waals surface area contributed by atoms with Crippen LogP contribution in [-0.4, -0.2) is 52.4 Å². The molecule has 1 aromatic carbocycles. The highest BCUT2D eigenvalue weighted by Gasteiger charge is 2.20. The summed E-state index contributed by atoms with van der Waals surface area (Å²) in [7, 11) is 3.52. The first-order valence-corrected chi connectivity index (χ1v) is 13.0. The number of aryl methyl sites for hydroxylation is 1. The molecule has 1 aromatic rings. The van der Waals surface area contributed by atoms with E-state index >= 15 is 0 Å². The zero-order valence-corrected chi connectivity index (χ0v) is 24.3. The van der Waals surface area contributed by atoms with E-state index in [-0.39, 0.29) is 12.1 Å². The van der Waals surface area contributed by atoms with Crippen LogP contribution in [0.2, 0.25) is 0 Å². The molecule has 0 aromatic heterocycles. The van der Waals surface area contributed by atoms with Gasteiger partial charge in [-0.05, 0) is 68.1 Å². The number of nitrogens with zero attached hydrogens (tertiary/aromatic N) is 1. The number of aliphatic imine (C=N–C) groups is 1. The number of nitrogens with two attached hydrogens (primary N) is 4. The Balaban J connectivity index is -0.000000780. The summed E-state index contributed by atoms with van der Waals surface area (Å²) in [4.78, 5) is 11.9. The van der Waals surface area contributed by atoms with Gasteiger partial charge in [0.2, 0.25) is 0 Å². The van der Waals surface area contributed by atoms with Crippen LogP contribution in [0.5, 0.6) is 0 Å². The second kappa shape index (κ2) is 26.0. The third kappa shape index (κ3) is 17.0. The highest BCUT2D eigenvalue weighted by atomic mass is 19.3. The number of benzene rings is 1. The Morgan fingerprint density at radius 1 is 1.11 bits per heavy atom. The topological polar surface area (TPSA) is 158 Å². The predicted octanol–water partition coefficient (Wildman–Crippen LogP) is 4.35. The van der Waals surface area contributed by atoms with E-state index in [2.05, 4.69) is 43.0 Å². The number of rotatable bonds is 13. The fourth-order valence-electron chi connectivity index (χ4n) is 2.98. The zero-order valence-electron chi connectivity index (χ0n) is 24.3. The van der Waals surface area contributed by atoms with Gasteiger partial charge in [-0.1, -0.05) is 40.7 Å². The normalized spacial score (nSPS) is 11.7. The number of anilines is 1. The lowest BCUT2D eigenvalue weighted by molar-refractivity contribution is -0.0980. The Bertz CT molecular complexity index is 796. The minimum atomic E-state index is -2.67. The molecule has 0 aliphatic rings. The molecule has 38 heavy (non-hydrogen) atoms. The summed E-state index contributed by atoms with van der Waals surface area (Å²) in [5.41, 5.74) is 25.3. The lowest BCUT2D eigenvalue weighted by Gasteiger charge is -2.22. The first kappa shape index (κ1) is 39.8. The molecule has 1 rings (SSSR count). The molecule has 220 valence electrons. The summed E-state index contributed by atoms with van der Waals surface area (Å²) in [6.07, 6.45) is 4.45. The summed E-state index contributed by atoms with van der Waals surface area (Å²) < 4.78 is 27.2. The van der Waals surface area contributed by atoms with Gasteiger partial charge in [0.15, 0.2) is 0 Å². The van der Waals surface area contributed by atoms with E-state index in [1.54, 1.807) is 13.1 Å². The lowest BCUT2D eigenvalue weighted by atomic mass is 9.94. The minimum Gasteiger partial charge on any atom is -0.404 e. The second-order valence-corrected chi connectivity index (χ2v) is 8.32. The summed E-state index contributed by atoms with van der Waals surface area (Å²) in [6, 6.07) is 3.57. The largest absolute Gasteiger partial charge is 0.404 e. The van der Waals surface area contributed by atoms with Crippen LogP contribution in [0.15, 0.2) is 35.5 Å². The quantitative estimate of drug-likeness (QED) is 0.123. The van der Waals surface area contributed by atoms with Gasteiger partial charge in [0.05, 0.1) is 6.17 Å². The maximum Gasteiger partial charge on any atom is 0.264 e. The Hall–Kier alpha value is -2.66. The maximum atomic E-state index is 13.6. The molecular weight excluding hydrogens is 488 g/mol. The van der Waals surface area contributed by atoms with E-state index in [4.69, 9.17) is 27.7 Å². The van der Waals surface area contributed by atoms with Crippen molar-refractivity contribution >= 4 is 24.3 Å². The van der Waals surface area contributed by atoms with Gasteiger partial charge in [-0.2, -0.15) is 0 Å². The molecule has 1 unspecified atom stereocenters. The van der Waals surface area contributed by atoms with E-state index < -0.39 is 12.6 Å². The van der Waals surface area contributed by atoms with Gasteiger partial charge in [-0.15, -0.1) is 0 Å². The van der Waals surface area contributed by atoms with Gasteiger partial charge in [0, 0.05) is 48.9 Å². The van der Waals surface area contributed by atoms with Gasteiger partial charge in [-0.3, -0.25) is 4.99 Å². The van der Waals surface area contributed by atoms with Gasteiger partial charge in [-0.25, -0.2) is 8.78 Å². The average Bonchev–Trinajstić information content (AvgIpc) is 2.93. The van der Waals surface area contributed by atoms with Crippen molar-refractivity contribution in [3.8, 4) is 0 Å². The van der Waals surface area contributed by atoms with E-state index in [1.807, 2.05) is 20.8 Å². The molecule has 0 bridgehead atoms. The molecule has 1 atom stereocenters. The highest BCUT2D eigenvalue weighted by Crippen LogP contribution is 2.33. The Kier molecular flexibility index (Phi) is 27.2. The van der Waals surface area contributed by atoms with Crippen LogP contribution in [0.25, 0.3) is 5.57 Å². The zero-order chi connectivity index (χ0) is 30.1. The summed E-state index contributed by atoms with van der Waals surface area (Å²) in [6.45, 7) is 15.5. The van der Waals surface area contributed by atoms with Crippen molar-refractivity contribution in [2.45, 2.75) is 78.4 Å². The molecule has 0 fully saturated rings. The number of halogens is 2. The number of hydrogen-bond donors (Lipinski definition) is 6. The van der Waals surface area contributed by atoms with E-state index in [0.717, 1.165) is 31.4 Å². The molecule has 0 amide bonds. The van der Waals surface area contributed by atoms with Crippen molar-refractivity contribution in [1.29, 1.82) is 0 Å². The van der Waals surface area contributed by atoms with Crippen LogP contribution in [0.4, 0.5) is 14.5 Å². The van der Waals surface area contributed by atoms with Crippen LogP contribution in [0, 0.1) is 0 Å². The number of carbonyl (C=O) groups is 1. The smallest absolute Gasteiger partial charge is 0.264 e. The van der Waals surface area contributed by atoms with Gasteiger partial charge < -0.3 is 38.4 Å². The van der Waals surface area contributed by atoms with Gasteiger partial charge in [0.25, 0.3) is 6.43 Å². The van der Waals surface area contributed by atoms with Crippen LogP contribution in [-0.2, 0) is 11.2 Å². The molecular formula is C28H53F2N7O. The highest BCUT2D eigenvalue weighted by molar-refractivity contribution is 6.10. The van der Waals surface area contributed by atoms with Crippen molar-refractivity contribution in [1.82, 2.24) is 5.32 Å². The molecule has 10 heteroatoms. The molecule has 10 N–H and O–H groups in total. The van der Waals surface area contributed by atoms with E-state index in [1.165, 1.54) is 24.9 Å². The molecule has 0 saturated carbocycles. The lowest BCUT2D eigenvalue weighted by Crippen LogP contribution is -2.34. The summed E-state index contributed by atoms with van der Waals surface area (Å²) in [5.74, 6) is 0. The van der Waals surface area contributed by atoms with Crippen molar-refractivity contribution in [2.75, 3.05) is 32.5 Å². The standard InChI is InChI=1S/C18H27F2N5.C5H13N.C4H11N.CH2O/c1-4-5-12-6-14(13(9-22)10-24-3)15(17(19)20)7-16(12)25-18(23)11(2)8-21;1-3-5(6)4-2;1-3-4-5-2;1-2/h6-7,9-10,17-18,25H,2,4-5,8,21-23H2,1,3H3;5H,3-4,6H2,1-2H3;5H,3-4H2,1-2H3;1H2/b13-9+,24-10?;;;. The average molecular weight is 542 g/mol. The van der Waals surface area contributed by atoms with Crippen molar-refractivity contribution in [3.05, 3.63) is 47.2 Å². The fourth-order valence-corrected chi connectivity index (χ4v) is 2.98. The number of nitrogens with one attached hydrogen (secondary N) is 2. The Labute approximate surface area is 229 Å². The monoisotopic (exact) mass is 541 g/mol. The number of alkyl halides is 2. The van der Waals surface area contributed by atoms with Crippen LogP contribution >= 0.6 is 0 Å². The third-order valence-electron chi connectivity index (χ3n) is 5.35.